The van der Waals surface area contributed by atoms with Crippen LogP contribution in [0, 0.1) is 12.3 Å². The van der Waals surface area contributed by atoms with Crippen molar-refractivity contribution >= 4 is 0 Å². The molecule has 0 aromatic heterocycles. The van der Waals surface area contributed by atoms with Gasteiger partial charge in [0.15, 0.2) is 0 Å². The first kappa shape index (κ1) is 8.10. The lowest BCUT2D eigenvalue weighted by Gasteiger charge is -2.33. The SMILES string of the molecule is [CH2]C1(CCC)CCCCC1. The summed E-state index contributed by atoms with van der Waals surface area (Å²) in [4.78, 5) is 0. The summed E-state index contributed by atoms with van der Waals surface area (Å²) in [6.07, 6.45) is 9.69. The fraction of sp³-hybridized carbons (Fsp3) is 0.900. The first-order valence-electron chi connectivity index (χ1n) is 4.62. The zero-order valence-electron chi connectivity index (χ0n) is 7.16. The summed E-state index contributed by atoms with van der Waals surface area (Å²) in [7, 11) is 0. The fourth-order valence-electron chi connectivity index (χ4n) is 2.08. The Balaban J connectivity index is 2.32. The maximum absolute atomic E-state index is 4.32. The summed E-state index contributed by atoms with van der Waals surface area (Å²) in [5, 5.41) is 0. The lowest BCUT2D eigenvalue weighted by Crippen LogP contribution is -2.19. The minimum Gasteiger partial charge on any atom is -0.0654 e. The van der Waals surface area contributed by atoms with Gasteiger partial charge in [-0.15, -0.1) is 0 Å². The third kappa shape index (κ3) is 2.00. The van der Waals surface area contributed by atoms with Crippen LogP contribution in [0.25, 0.3) is 0 Å². The Morgan fingerprint density at radius 2 is 1.80 bits per heavy atom. The van der Waals surface area contributed by atoms with E-state index >= 15 is 0 Å². The lowest BCUT2D eigenvalue weighted by atomic mass is 9.73. The van der Waals surface area contributed by atoms with Crippen molar-refractivity contribution in [1.29, 1.82) is 0 Å². The van der Waals surface area contributed by atoms with Crippen molar-refractivity contribution in [1.82, 2.24) is 0 Å². The second kappa shape index (κ2) is 3.41. The second-order valence-corrected chi connectivity index (χ2v) is 3.81. The van der Waals surface area contributed by atoms with Crippen LogP contribution in [-0.4, -0.2) is 0 Å². The summed E-state index contributed by atoms with van der Waals surface area (Å²) < 4.78 is 0. The number of hydrogen-bond donors (Lipinski definition) is 0. The van der Waals surface area contributed by atoms with Crippen molar-refractivity contribution in [2.24, 2.45) is 5.41 Å². The van der Waals surface area contributed by atoms with Crippen LogP contribution in [-0.2, 0) is 0 Å². The van der Waals surface area contributed by atoms with Crippen molar-refractivity contribution in [3.05, 3.63) is 6.92 Å². The Bertz CT molecular complexity index is 82.7. The molecular weight excluding hydrogens is 120 g/mol. The zero-order valence-corrected chi connectivity index (χ0v) is 7.16. The van der Waals surface area contributed by atoms with Gasteiger partial charge in [0, 0.05) is 0 Å². The van der Waals surface area contributed by atoms with Crippen molar-refractivity contribution in [3.63, 3.8) is 0 Å². The molecule has 0 bridgehead atoms. The first-order valence-corrected chi connectivity index (χ1v) is 4.62. The van der Waals surface area contributed by atoms with E-state index in [0.29, 0.717) is 5.41 Å². The molecule has 10 heavy (non-hydrogen) atoms. The van der Waals surface area contributed by atoms with Gasteiger partial charge in [0.1, 0.15) is 0 Å². The average Bonchev–Trinajstić information content (AvgIpc) is 1.89. The molecular formula is C10H19. The van der Waals surface area contributed by atoms with Gasteiger partial charge in [0.2, 0.25) is 0 Å². The van der Waals surface area contributed by atoms with Crippen LogP contribution >= 0.6 is 0 Å². The molecule has 0 unspecified atom stereocenters. The molecule has 0 nitrogen and oxygen atoms in total. The molecule has 1 rings (SSSR count). The molecule has 0 saturated heterocycles. The quantitative estimate of drug-likeness (QED) is 0.548. The summed E-state index contributed by atoms with van der Waals surface area (Å²) in [6.45, 7) is 6.58. The zero-order chi connectivity index (χ0) is 7.45. The molecule has 0 spiro atoms. The van der Waals surface area contributed by atoms with Crippen LogP contribution in [0.2, 0.25) is 0 Å². The normalized spacial score (nSPS) is 24.6. The molecule has 0 aliphatic heterocycles. The minimum absolute atomic E-state index is 0.479. The summed E-state index contributed by atoms with van der Waals surface area (Å²) in [6, 6.07) is 0. The van der Waals surface area contributed by atoms with Crippen LogP contribution in [0.4, 0.5) is 0 Å². The largest absolute Gasteiger partial charge is 0.0654 e. The van der Waals surface area contributed by atoms with Crippen LogP contribution in [0.15, 0.2) is 0 Å². The van der Waals surface area contributed by atoms with Crippen molar-refractivity contribution in [2.45, 2.75) is 51.9 Å². The molecule has 0 atom stereocenters. The standard InChI is InChI=1S/C10H19/c1-3-7-10(2)8-5-4-6-9-10/h2-9H2,1H3. The molecule has 0 N–H and O–H groups in total. The second-order valence-electron chi connectivity index (χ2n) is 3.81. The molecule has 0 heterocycles. The Labute approximate surface area is 65.0 Å². The highest BCUT2D eigenvalue weighted by Crippen LogP contribution is 2.38. The highest BCUT2D eigenvalue weighted by atomic mass is 14.3. The lowest BCUT2D eigenvalue weighted by molar-refractivity contribution is 0.233. The van der Waals surface area contributed by atoms with Crippen molar-refractivity contribution in [2.75, 3.05) is 0 Å². The smallest absolute Gasteiger partial charge is 0.0297 e. The maximum Gasteiger partial charge on any atom is -0.0297 e. The Hall–Kier alpha value is 0. The van der Waals surface area contributed by atoms with E-state index in [1.807, 2.05) is 0 Å². The number of rotatable bonds is 2. The Morgan fingerprint density at radius 1 is 1.20 bits per heavy atom. The Morgan fingerprint density at radius 3 is 2.30 bits per heavy atom. The number of hydrogen-bond acceptors (Lipinski definition) is 0. The third-order valence-electron chi connectivity index (χ3n) is 2.69. The summed E-state index contributed by atoms with van der Waals surface area (Å²) in [5.74, 6) is 0. The molecule has 59 valence electrons. The van der Waals surface area contributed by atoms with Crippen molar-refractivity contribution in [3.8, 4) is 0 Å². The van der Waals surface area contributed by atoms with Crippen LogP contribution < -0.4 is 0 Å². The molecule has 1 saturated carbocycles. The van der Waals surface area contributed by atoms with Gasteiger partial charge in [-0.25, -0.2) is 0 Å². The van der Waals surface area contributed by atoms with E-state index in [4.69, 9.17) is 0 Å². The predicted molar refractivity (Wildman–Crippen MR) is 45.8 cm³/mol. The van der Waals surface area contributed by atoms with E-state index < -0.39 is 0 Å². The highest BCUT2D eigenvalue weighted by molar-refractivity contribution is 4.84. The maximum atomic E-state index is 4.32. The van der Waals surface area contributed by atoms with Gasteiger partial charge in [-0.05, 0) is 31.6 Å². The van der Waals surface area contributed by atoms with Gasteiger partial charge in [0.25, 0.3) is 0 Å². The fourth-order valence-corrected chi connectivity index (χ4v) is 2.08. The molecule has 0 aromatic carbocycles. The van der Waals surface area contributed by atoms with Gasteiger partial charge in [-0.3, -0.25) is 0 Å². The van der Waals surface area contributed by atoms with Gasteiger partial charge >= 0.3 is 0 Å². The molecule has 1 aliphatic carbocycles. The van der Waals surface area contributed by atoms with E-state index in [9.17, 15) is 0 Å². The third-order valence-corrected chi connectivity index (χ3v) is 2.69. The first-order chi connectivity index (χ1) is 4.77. The van der Waals surface area contributed by atoms with Crippen molar-refractivity contribution < 1.29 is 0 Å². The van der Waals surface area contributed by atoms with Crippen LogP contribution in [0.1, 0.15) is 51.9 Å². The molecule has 1 aliphatic rings. The molecule has 0 amide bonds. The topological polar surface area (TPSA) is 0 Å². The minimum atomic E-state index is 0.479. The molecule has 1 fully saturated rings. The van der Waals surface area contributed by atoms with E-state index in [2.05, 4.69) is 13.8 Å². The van der Waals surface area contributed by atoms with Crippen LogP contribution in [0.5, 0.6) is 0 Å². The van der Waals surface area contributed by atoms with E-state index in [-0.39, 0.29) is 0 Å². The van der Waals surface area contributed by atoms with Crippen LogP contribution in [0.3, 0.4) is 0 Å². The molecule has 0 heteroatoms. The predicted octanol–water partition coefficient (Wildman–Crippen LogP) is 3.57. The monoisotopic (exact) mass is 139 g/mol. The van der Waals surface area contributed by atoms with E-state index in [1.165, 1.54) is 44.9 Å². The van der Waals surface area contributed by atoms with Gasteiger partial charge in [-0.2, -0.15) is 0 Å². The van der Waals surface area contributed by atoms with Gasteiger partial charge in [0.05, 0.1) is 0 Å². The molecule has 1 radical (unpaired) electrons. The highest BCUT2D eigenvalue weighted by Gasteiger charge is 2.25. The van der Waals surface area contributed by atoms with Gasteiger partial charge in [-0.1, -0.05) is 32.6 Å². The average molecular weight is 139 g/mol. The van der Waals surface area contributed by atoms with Gasteiger partial charge < -0.3 is 0 Å². The Kier molecular flexibility index (Phi) is 2.76. The molecule has 0 aromatic rings. The van der Waals surface area contributed by atoms with E-state index in [0.717, 1.165) is 0 Å². The van der Waals surface area contributed by atoms with E-state index in [1.54, 1.807) is 0 Å². The summed E-state index contributed by atoms with van der Waals surface area (Å²) in [5.41, 5.74) is 0.479. The summed E-state index contributed by atoms with van der Waals surface area (Å²) >= 11 is 0.